The van der Waals surface area contributed by atoms with Gasteiger partial charge in [-0.1, -0.05) is 5.16 Å². The first-order valence-corrected chi connectivity index (χ1v) is 6.73. The molecule has 2 heterocycles. The van der Waals surface area contributed by atoms with Gasteiger partial charge in [0.2, 0.25) is 5.89 Å². The summed E-state index contributed by atoms with van der Waals surface area (Å²) in [4.78, 5) is 15.7. The summed E-state index contributed by atoms with van der Waals surface area (Å²) >= 11 is 0. The molecule has 1 saturated carbocycles. The minimum absolute atomic E-state index is 0.281. The maximum absolute atomic E-state index is 11.2. The summed E-state index contributed by atoms with van der Waals surface area (Å²) in [7, 11) is 0. The van der Waals surface area contributed by atoms with Crippen molar-refractivity contribution in [3.63, 3.8) is 0 Å². The van der Waals surface area contributed by atoms with E-state index in [1.54, 1.807) is 0 Å². The van der Waals surface area contributed by atoms with Crippen molar-refractivity contribution in [1.29, 1.82) is 0 Å². The molecule has 5 nitrogen and oxygen atoms in total. The van der Waals surface area contributed by atoms with E-state index in [0.717, 1.165) is 50.6 Å². The Morgan fingerprint density at radius 1 is 1.22 bits per heavy atom. The predicted octanol–water partition coefficient (Wildman–Crippen LogP) is 1.88. The number of ether oxygens (including phenoxy) is 1. The summed E-state index contributed by atoms with van der Waals surface area (Å²) in [5.74, 6) is 2.68. The number of rotatable bonds is 3. The van der Waals surface area contributed by atoms with E-state index in [0.29, 0.717) is 24.5 Å². The smallest absolute Gasteiger partial charge is 0.229 e. The number of ketones is 1. The molecule has 0 amide bonds. The van der Waals surface area contributed by atoms with Crippen molar-refractivity contribution in [2.45, 2.75) is 44.4 Å². The highest BCUT2D eigenvalue weighted by Crippen LogP contribution is 2.30. The average Bonchev–Trinajstić information content (AvgIpc) is 3.02. The number of carbonyl (C=O) groups is 1. The summed E-state index contributed by atoms with van der Waals surface area (Å²) < 4.78 is 10.7. The standard InChI is InChI=1S/C13H18N2O3/c16-11-3-1-10(2-4-11)13-14-12(15-18-13)7-9-5-6-17-8-9/h9-10H,1-8H2. The van der Waals surface area contributed by atoms with Gasteiger partial charge in [-0.2, -0.15) is 4.98 Å². The summed E-state index contributed by atoms with van der Waals surface area (Å²) in [6, 6.07) is 0. The zero-order valence-corrected chi connectivity index (χ0v) is 10.4. The van der Waals surface area contributed by atoms with Crippen LogP contribution in [0, 0.1) is 5.92 Å². The van der Waals surface area contributed by atoms with Crippen LogP contribution in [0.25, 0.3) is 0 Å². The molecule has 1 unspecified atom stereocenters. The highest BCUT2D eigenvalue weighted by atomic mass is 16.5. The van der Waals surface area contributed by atoms with Crippen LogP contribution >= 0.6 is 0 Å². The molecule has 2 aliphatic rings. The molecule has 0 radical (unpaired) electrons. The first-order chi connectivity index (χ1) is 8.81. The maximum Gasteiger partial charge on any atom is 0.229 e. The van der Waals surface area contributed by atoms with Crippen LogP contribution in [-0.4, -0.2) is 29.1 Å². The van der Waals surface area contributed by atoms with Crippen LogP contribution in [0.3, 0.4) is 0 Å². The molecule has 0 bridgehead atoms. The normalized spacial score (nSPS) is 25.8. The number of nitrogens with zero attached hydrogens (tertiary/aromatic N) is 2. The Bertz CT molecular complexity index is 414. The van der Waals surface area contributed by atoms with Gasteiger partial charge < -0.3 is 9.26 Å². The van der Waals surface area contributed by atoms with Crippen molar-refractivity contribution in [3.05, 3.63) is 11.7 Å². The van der Waals surface area contributed by atoms with Gasteiger partial charge in [0.1, 0.15) is 5.78 Å². The van der Waals surface area contributed by atoms with Crippen LogP contribution in [0.4, 0.5) is 0 Å². The van der Waals surface area contributed by atoms with Gasteiger partial charge in [0.05, 0.1) is 0 Å². The van der Waals surface area contributed by atoms with E-state index >= 15 is 0 Å². The van der Waals surface area contributed by atoms with E-state index in [1.165, 1.54) is 0 Å². The molecule has 3 rings (SSSR count). The number of hydrogen-bond acceptors (Lipinski definition) is 5. The van der Waals surface area contributed by atoms with Crippen molar-refractivity contribution in [2.24, 2.45) is 5.92 Å². The highest BCUT2D eigenvalue weighted by Gasteiger charge is 2.26. The van der Waals surface area contributed by atoms with E-state index in [9.17, 15) is 4.79 Å². The predicted molar refractivity (Wildman–Crippen MR) is 63.1 cm³/mol. The van der Waals surface area contributed by atoms with Crippen LogP contribution in [0.1, 0.15) is 49.7 Å². The Kier molecular flexibility index (Phi) is 3.41. The van der Waals surface area contributed by atoms with Gasteiger partial charge in [-0.15, -0.1) is 0 Å². The fourth-order valence-electron chi connectivity index (χ4n) is 2.71. The molecular formula is C13H18N2O3. The zero-order chi connectivity index (χ0) is 12.4. The second kappa shape index (κ2) is 5.18. The third-order valence-electron chi connectivity index (χ3n) is 3.87. The zero-order valence-electron chi connectivity index (χ0n) is 10.4. The first kappa shape index (κ1) is 11.8. The molecule has 1 atom stereocenters. The molecule has 98 valence electrons. The Hall–Kier alpha value is -1.23. The van der Waals surface area contributed by atoms with E-state index in [4.69, 9.17) is 9.26 Å². The van der Waals surface area contributed by atoms with Crippen LogP contribution in [0.2, 0.25) is 0 Å². The highest BCUT2D eigenvalue weighted by molar-refractivity contribution is 5.79. The quantitative estimate of drug-likeness (QED) is 0.819. The fraction of sp³-hybridized carbons (Fsp3) is 0.769. The molecule has 1 aliphatic carbocycles. The Morgan fingerprint density at radius 2 is 2.06 bits per heavy atom. The molecule has 0 N–H and O–H groups in total. The lowest BCUT2D eigenvalue weighted by molar-refractivity contribution is -0.120. The molecule has 1 saturated heterocycles. The van der Waals surface area contributed by atoms with Crippen molar-refractivity contribution in [2.75, 3.05) is 13.2 Å². The second-order valence-corrected chi connectivity index (χ2v) is 5.30. The molecule has 18 heavy (non-hydrogen) atoms. The summed E-state index contributed by atoms with van der Waals surface area (Å²) in [6.07, 6.45) is 4.94. The van der Waals surface area contributed by atoms with Crippen molar-refractivity contribution in [3.8, 4) is 0 Å². The fourth-order valence-corrected chi connectivity index (χ4v) is 2.71. The summed E-state index contributed by atoms with van der Waals surface area (Å²) in [5, 5.41) is 4.05. The van der Waals surface area contributed by atoms with Crippen molar-refractivity contribution >= 4 is 5.78 Å². The lowest BCUT2D eigenvalue weighted by atomic mass is 9.88. The van der Waals surface area contributed by atoms with Gasteiger partial charge in [-0.05, 0) is 25.2 Å². The molecule has 2 fully saturated rings. The number of carbonyl (C=O) groups excluding carboxylic acids is 1. The third-order valence-corrected chi connectivity index (χ3v) is 3.87. The Labute approximate surface area is 106 Å². The number of Topliss-reactive ketones (excluding diaryl/α,β-unsaturated/α-hetero) is 1. The molecule has 1 aromatic heterocycles. The van der Waals surface area contributed by atoms with E-state index < -0.39 is 0 Å². The third kappa shape index (κ3) is 2.61. The van der Waals surface area contributed by atoms with Crippen LogP contribution in [-0.2, 0) is 16.0 Å². The maximum atomic E-state index is 11.2. The molecule has 0 aromatic carbocycles. The lowest BCUT2D eigenvalue weighted by Crippen LogP contribution is -2.12. The molecule has 5 heteroatoms. The van der Waals surface area contributed by atoms with E-state index in [1.807, 2.05) is 0 Å². The Balaban J connectivity index is 1.60. The number of hydrogen-bond donors (Lipinski definition) is 0. The van der Waals surface area contributed by atoms with Crippen LogP contribution < -0.4 is 0 Å². The molecule has 1 aliphatic heterocycles. The van der Waals surface area contributed by atoms with Crippen LogP contribution in [0.15, 0.2) is 4.52 Å². The van der Waals surface area contributed by atoms with Gasteiger partial charge in [0.15, 0.2) is 5.82 Å². The summed E-state index contributed by atoms with van der Waals surface area (Å²) in [5.41, 5.74) is 0. The van der Waals surface area contributed by atoms with Gasteiger partial charge >= 0.3 is 0 Å². The van der Waals surface area contributed by atoms with Gasteiger partial charge in [0.25, 0.3) is 0 Å². The van der Waals surface area contributed by atoms with Crippen molar-refractivity contribution < 1.29 is 14.1 Å². The second-order valence-electron chi connectivity index (χ2n) is 5.30. The minimum atomic E-state index is 0.281. The largest absolute Gasteiger partial charge is 0.381 e. The van der Waals surface area contributed by atoms with E-state index in [-0.39, 0.29) is 5.92 Å². The monoisotopic (exact) mass is 250 g/mol. The average molecular weight is 250 g/mol. The SMILES string of the molecule is O=C1CCC(c2nc(CC3CCOC3)no2)CC1. The Morgan fingerprint density at radius 3 is 2.78 bits per heavy atom. The topological polar surface area (TPSA) is 65.2 Å². The molecular weight excluding hydrogens is 232 g/mol. The van der Waals surface area contributed by atoms with Gasteiger partial charge in [-0.3, -0.25) is 4.79 Å². The van der Waals surface area contributed by atoms with Crippen LogP contribution in [0.5, 0.6) is 0 Å². The first-order valence-electron chi connectivity index (χ1n) is 6.73. The minimum Gasteiger partial charge on any atom is -0.381 e. The number of aromatic nitrogens is 2. The molecule has 1 aromatic rings. The lowest BCUT2D eigenvalue weighted by Gasteiger charge is -2.16. The van der Waals surface area contributed by atoms with E-state index in [2.05, 4.69) is 10.1 Å². The van der Waals surface area contributed by atoms with Crippen molar-refractivity contribution in [1.82, 2.24) is 10.1 Å². The molecule has 0 spiro atoms. The summed E-state index contributed by atoms with van der Waals surface area (Å²) in [6.45, 7) is 1.65. The van der Waals surface area contributed by atoms with Gasteiger partial charge in [0, 0.05) is 38.4 Å². The van der Waals surface area contributed by atoms with Gasteiger partial charge in [-0.25, -0.2) is 0 Å².